The second-order valence-electron chi connectivity index (χ2n) is 5.82. The zero-order valence-corrected chi connectivity index (χ0v) is 15.1. The molecule has 0 saturated carbocycles. The van der Waals surface area contributed by atoms with E-state index in [1.54, 1.807) is 6.08 Å². The Bertz CT molecular complexity index is 535. The summed E-state index contributed by atoms with van der Waals surface area (Å²) < 4.78 is 5.09. The van der Waals surface area contributed by atoms with Crippen molar-refractivity contribution in [3.8, 4) is 0 Å². The van der Waals surface area contributed by atoms with E-state index >= 15 is 0 Å². The summed E-state index contributed by atoms with van der Waals surface area (Å²) in [7, 11) is 0. The zero-order valence-electron chi connectivity index (χ0n) is 15.1. The molecule has 0 aromatic carbocycles. The van der Waals surface area contributed by atoms with Gasteiger partial charge in [-0.25, -0.2) is 0 Å². The Morgan fingerprint density at radius 3 is 2.40 bits per heavy atom. The van der Waals surface area contributed by atoms with Gasteiger partial charge in [0.2, 0.25) is 0 Å². The standard InChI is InChI=1S/C22H30O3/c1-2-3-12-15-20(23)16-13-10-8-6-4-5-7-9-11-14-17-21-18-19-22(24)25-21/h3-5,8-14,16-17,20-21,23H,2,6-7,15,18-19H2,1H3/t20-,21?/m0/s1. The quantitative estimate of drug-likeness (QED) is 0.327. The van der Waals surface area contributed by atoms with Gasteiger partial charge in [-0.1, -0.05) is 73.8 Å². The van der Waals surface area contributed by atoms with Gasteiger partial charge in [0.15, 0.2) is 0 Å². The number of aliphatic hydroxyl groups is 1. The van der Waals surface area contributed by atoms with Gasteiger partial charge in [0.25, 0.3) is 0 Å². The van der Waals surface area contributed by atoms with Crippen molar-refractivity contribution in [3.63, 3.8) is 0 Å². The lowest BCUT2D eigenvalue weighted by Crippen LogP contribution is -2.01. The maximum Gasteiger partial charge on any atom is 0.306 e. The Kier molecular flexibility index (Phi) is 11.9. The van der Waals surface area contributed by atoms with E-state index in [9.17, 15) is 9.90 Å². The molecule has 0 amide bonds. The first-order valence-electron chi connectivity index (χ1n) is 9.06. The van der Waals surface area contributed by atoms with Crippen LogP contribution < -0.4 is 0 Å². The van der Waals surface area contributed by atoms with Gasteiger partial charge in [0.1, 0.15) is 6.10 Å². The Morgan fingerprint density at radius 2 is 1.76 bits per heavy atom. The van der Waals surface area contributed by atoms with Crippen LogP contribution in [0.2, 0.25) is 0 Å². The fourth-order valence-electron chi connectivity index (χ4n) is 2.21. The van der Waals surface area contributed by atoms with E-state index in [-0.39, 0.29) is 12.1 Å². The minimum absolute atomic E-state index is 0.0490. The summed E-state index contributed by atoms with van der Waals surface area (Å²) in [6.45, 7) is 2.08. The van der Waals surface area contributed by atoms with Gasteiger partial charge in [-0.2, -0.15) is 0 Å². The number of allylic oxidation sites excluding steroid dienone is 9. The molecule has 0 aromatic heterocycles. The van der Waals surface area contributed by atoms with Crippen molar-refractivity contribution in [1.82, 2.24) is 0 Å². The molecule has 0 aromatic rings. The number of esters is 1. The summed E-state index contributed by atoms with van der Waals surface area (Å²) in [5.41, 5.74) is 0. The summed E-state index contributed by atoms with van der Waals surface area (Å²) in [6.07, 6.45) is 28.2. The van der Waals surface area contributed by atoms with Crippen LogP contribution in [0, 0.1) is 0 Å². The van der Waals surface area contributed by atoms with E-state index < -0.39 is 6.10 Å². The molecule has 3 heteroatoms. The average Bonchev–Trinajstić information content (AvgIpc) is 3.01. The average molecular weight is 342 g/mol. The van der Waals surface area contributed by atoms with Crippen molar-refractivity contribution < 1.29 is 14.6 Å². The first-order chi connectivity index (χ1) is 12.2. The molecular formula is C22H30O3. The maximum atomic E-state index is 10.9. The number of carbonyl (C=O) groups excluding carboxylic acids is 1. The lowest BCUT2D eigenvalue weighted by molar-refractivity contribution is -0.139. The number of carbonyl (C=O) groups is 1. The molecular weight excluding hydrogens is 312 g/mol. The number of aliphatic hydroxyl groups excluding tert-OH is 1. The topological polar surface area (TPSA) is 46.5 Å². The fraction of sp³-hybridized carbons (Fsp3) is 0.409. The highest BCUT2D eigenvalue weighted by Gasteiger charge is 2.19. The van der Waals surface area contributed by atoms with E-state index in [1.165, 1.54) is 0 Å². The van der Waals surface area contributed by atoms with Gasteiger partial charge in [0, 0.05) is 6.42 Å². The van der Waals surface area contributed by atoms with E-state index in [0.717, 1.165) is 25.7 Å². The summed E-state index contributed by atoms with van der Waals surface area (Å²) in [5, 5.41) is 9.68. The van der Waals surface area contributed by atoms with Crippen molar-refractivity contribution in [3.05, 3.63) is 72.9 Å². The second-order valence-corrected chi connectivity index (χ2v) is 5.82. The molecule has 1 heterocycles. The molecule has 2 atom stereocenters. The lowest BCUT2D eigenvalue weighted by atomic mass is 10.2. The van der Waals surface area contributed by atoms with Gasteiger partial charge >= 0.3 is 5.97 Å². The maximum absolute atomic E-state index is 10.9. The molecule has 1 aliphatic heterocycles. The second kappa shape index (κ2) is 14.2. The van der Waals surface area contributed by atoms with Gasteiger partial charge in [-0.15, -0.1) is 0 Å². The van der Waals surface area contributed by atoms with Crippen LogP contribution in [0.1, 0.15) is 45.4 Å². The molecule has 1 unspecified atom stereocenters. The van der Waals surface area contributed by atoms with Crippen LogP contribution in [0.3, 0.4) is 0 Å². The fourth-order valence-corrected chi connectivity index (χ4v) is 2.21. The zero-order chi connectivity index (χ0) is 18.2. The van der Waals surface area contributed by atoms with Crippen molar-refractivity contribution in [2.45, 2.75) is 57.7 Å². The molecule has 1 fully saturated rings. The Morgan fingerprint density at radius 1 is 1.04 bits per heavy atom. The van der Waals surface area contributed by atoms with Gasteiger partial charge in [0.05, 0.1) is 6.10 Å². The van der Waals surface area contributed by atoms with Crippen LogP contribution in [0.15, 0.2) is 72.9 Å². The summed E-state index contributed by atoms with van der Waals surface area (Å²) in [6, 6.07) is 0. The molecule has 1 saturated heterocycles. The molecule has 0 aliphatic carbocycles. The normalized spacial score (nSPS) is 20.4. The Balaban J connectivity index is 2.07. The van der Waals surface area contributed by atoms with Gasteiger partial charge in [-0.05, 0) is 38.2 Å². The number of rotatable bonds is 11. The summed E-state index contributed by atoms with van der Waals surface area (Å²) in [5.74, 6) is -0.104. The largest absolute Gasteiger partial charge is 0.458 e. The van der Waals surface area contributed by atoms with Crippen molar-refractivity contribution in [2.75, 3.05) is 0 Å². The third-order valence-electron chi connectivity index (χ3n) is 3.56. The van der Waals surface area contributed by atoms with Crippen molar-refractivity contribution in [2.24, 2.45) is 0 Å². The SMILES string of the molecule is CCC=CC[C@H](O)C=CC=CCC=CCC=CC=CC1CCC(=O)O1. The molecule has 0 radical (unpaired) electrons. The minimum Gasteiger partial charge on any atom is -0.458 e. The third kappa shape index (κ3) is 12.0. The molecule has 1 N–H and O–H groups in total. The molecule has 25 heavy (non-hydrogen) atoms. The van der Waals surface area contributed by atoms with Crippen LogP contribution in [0.5, 0.6) is 0 Å². The molecule has 1 rings (SSSR count). The first-order valence-corrected chi connectivity index (χ1v) is 9.06. The first kappa shape index (κ1) is 20.9. The van der Waals surface area contributed by atoms with Crippen LogP contribution in [0.25, 0.3) is 0 Å². The molecule has 0 bridgehead atoms. The number of cyclic esters (lactones) is 1. The summed E-state index contributed by atoms with van der Waals surface area (Å²) in [4.78, 5) is 10.9. The molecule has 3 nitrogen and oxygen atoms in total. The number of hydrogen-bond donors (Lipinski definition) is 1. The summed E-state index contributed by atoms with van der Waals surface area (Å²) >= 11 is 0. The van der Waals surface area contributed by atoms with E-state index in [4.69, 9.17) is 4.74 Å². The Labute approximate surface area is 151 Å². The van der Waals surface area contributed by atoms with Gasteiger partial charge in [-0.3, -0.25) is 4.79 Å². The minimum atomic E-state index is -0.408. The molecule has 0 spiro atoms. The van der Waals surface area contributed by atoms with Crippen LogP contribution >= 0.6 is 0 Å². The van der Waals surface area contributed by atoms with Gasteiger partial charge < -0.3 is 9.84 Å². The number of ether oxygens (including phenoxy) is 1. The van der Waals surface area contributed by atoms with Crippen LogP contribution in [0.4, 0.5) is 0 Å². The van der Waals surface area contributed by atoms with E-state index in [0.29, 0.717) is 12.8 Å². The molecule has 136 valence electrons. The third-order valence-corrected chi connectivity index (χ3v) is 3.56. The smallest absolute Gasteiger partial charge is 0.306 e. The highest BCUT2D eigenvalue weighted by atomic mass is 16.5. The van der Waals surface area contributed by atoms with Crippen molar-refractivity contribution >= 4 is 5.97 Å². The lowest BCUT2D eigenvalue weighted by Gasteiger charge is -1.99. The molecule has 1 aliphatic rings. The predicted molar refractivity (Wildman–Crippen MR) is 104 cm³/mol. The van der Waals surface area contributed by atoms with E-state index in [1.807, 2.05) is 36.5 Å². The van der Waals surface area contributed by atoms with E-state index in [2.05, 4.69) is 37.3 Å². The highest BCUT2D eigenvalue weighted by Crippen LogP contribution is 2.14. The van der Waals surface area contributed by atoms with Crippen LogP contribution in [-0.2, 0) is 9.53 Å². The highest BCUT2D eigenvalue weighted by molar-refractivity contribution is 5.71. The van der Waals surface area contributed by atoms with Crippen molar-refractivity contribution in [1.29, 1.82) is 0 Å². The monoisotopic (exact) mass is 342 g/mol. The predicted octanol–water partition coefficient (Wildman–Crippen LogP) is 4.97. The number of hydrogen-bond acceptors (Lipinski definition) is 3. The van der Waals surface area contributed by atoms with Crippen LogP contribution in [-0.4, -0.2) is 23.3 Å². The Hall–Kier alpha value is -2.13.